The zero-order chi connectivity index (χ0) is 28.7. The first-order valence-electron chi connectivity index (χ1n) is 15.4. The van der Waals surface area contributed by atoms with Gasteiger partial charge in [0.05, 0.1) is 13.2 Å². The molecule has 40 heavy (non-hydrogen) atoms. The number of unbranched alkanes of at least 4 members (excludes halogenated alkanes) is 14. The molecule has 0 saturated carbocycles. The number of diazo groups is 1. The molecule has 0 atom stereocenters. The van der Waals surface area contributed by atoms with Crippen LogP contribution in [0, 0.1) is 10.9 Å². The van der Waals surface area contributed by atoms with Gasteiger partial charge in [0.15, 0.2) is 16.6 Å². The number of ether oxygens (including phenoxy) is 2. The van der Waals surface area contributed by atoms with Crippen LogP contribution in [0.3, 0.4) is 0 Å². The van der Waals surface area contributed by atoms with E-state index >= 15 is 0 Å². The normalized spacial score (nSPS) is 18.5. The first-order chi connectivity index (χ1) is 19.7. The lowest BCUT2D eigenvalue weighted by atomic mass is 9.97. The van der Waals surface area contributed by atoms with Gasteiger partial charge in [-0.2, -0.15) is 5.53 Å². The van der Waals surface area contributed by atoms with Crippen LogP contribution in [0.25, 0.3) is 5.08 Å². The van der Waals surface area contributed by atoms with Gasteiger partial charge in [-0.05, 0) is 48.3 Å². The molecule has 8 nitrogen and oxygen atoms in total. The molecule has 1 N–H and O–H groups in total. The lowest BCUT2D eigenvalue weighted by molar-refractivity contribution is 0.222. The Hall–Kier alpha value is -3.34. The van der Waals surface area contributed by atoms with Crippen molar-refractivity contribution in [1.29, 1.82) is 10.9 Å². The molecule has 0 radical (unpaired) electrons. The maximum absolute atomic E-state index is 9.01. The van der Waals surface area contributed by atoms with Crippen LogP contribution in [0.5, 0.6) is 0 Å². The van der Waals surface area contributed by atoms with Gasteiger partial charge in [0.25, 0.3) is 5.39 Å². The average Bonchev–Trinajstić information content (AvgIpc) is 2.97. The second-order valence-electron chi connectivity index (χ2n) is 10.4. The van der Waals surface area contributed by atoms with E-state index < -0.39 is 0 Å². The van der Waals surface area contributed by atoms with Crippen LogP contribution in [-0.2, 0) is 9.47 Å². The molecule has 2 aliphatic rings. The number of hydrogen-bond acceptors (Lipinski definition) is 6. The Kier molecular flexibility index (Phi) is 17.6. The van der Waals surface area contributed by atoms with E-state index in [1.807, 2.05) is 30.4 Å². The third-order valence-corrected chi connectivity index (χ3v) is 7.07. The summed E-state index contributed by atoms with van der Waals surface area (Å²) in [5.41, 5.74) is 10.0. The number of allylic oxidation sites excluding steroid dienone is 8. The van der Waals surface area contributed by atoms with Gasteiger partial charge in [0.1, 0.15) is 11.5 Å². The molecule has 218 valence electrons. The van der Waals surface area contributed by atoms with Crippen LogP contribution in [-0.4, -0.2) is 24.6 Å². The van der Waals surface area contributed by atoms with Crippen LogP contribution in [0.2, 0.25) is 0 Å². The Morgan fingerprint density at radius 3 is 1.50 bits per heavy atom. The number of nitrogens with one attached hydrogen (secondary N) is 1. The van der Waals surface area contributed by atoms with Gasteiger partial charge in [-0.3, -0.25) is 0 Å². The van der Waals surface area contributed by atoms with Gasteiger partial charge >= 0.3 is 5.08 Å². The molecule has 2 aliphatic carbocycles. The molecule has 0 fully saturated rings. The zero-order valence-corrected chi connectivity index (χ0v) is 24.7. The Morgan fingerprint density at radius 1 is 0.625 bits per heavy atom. The molecule has 0 aromatic carbocycles. The van der Waals surface area contributed by atoms with Gasteiger partial charge in [0, 0.05) is 0 Å². The van der Waals surface area contributed by atoms with Gasteiger partial charge in [-0.15, -0.1) is 5.10 Å². The monoisotopic (exact) mass is 549 g/mol. The summed E-state index contributed by atoms with van der Waals surface area (Å²) < 4.78 is 12.2. The Balaban J connectivity index is 1.97. The fourth-order valence-corrected chi connectivity index (χ4v) is 4.72. The van der Waals surface area contributed by atoms with Crippen molar-refractivity contribution in [2.24, 2.45) is 15.4 Å². The molecule has 0 heterocycles. The van der Waals surface area contributed by atoms with E-state index in [1.54, 1.807) is 6.08 Å². The van der Waals surface area contributed by atoms with Crippen LogP contribution in [0.15, 0.2) is 74.5 Å². The minimum absolute atomic E-state index is 0.483. The van der Waals surface area contributed by atoms with Gasteiger partial charge in [-0.25, -0.2) is 0 Å². The third kappa shape index (κ3) is 13.1. The first-order valence-corrected chi connectivity index (χ1v) is 15.4. The topological polar surface area (TPSA) is 108 Å². The maximum Gasteiger partial charge on any atom is 0.339 e. The molecule has 0 bridgehead atoms. The smallest absolute Gasteiger partial charge is 0.339 e. The molecule has 0 amide bonds. The minimum Gasteiger partial charge on any atom is -0.491 e. The Morgan fingerprint density at radius 2 is 1.05 bits per heavy atom. The highest BCUT2D eigenvalue weighted by Gasteiger charge is 2.19. The van der Waals surface area contributed by atoms with Crippen molar-refractivity contribution in [2.45, 2.75) is 117 Å². The lowest BCUT2D eigenvalue weighted by Crippen LogP contribution is -2.11. The van der Waals surface area contributed by atoms with Crippen molar-refractivity contribution in [3.05, 3.63) is 64.2 Å². The van der Waals surface area contributed by atoms with E-state index in [1.165, 1.54) is 77.0 Å². The number of rotatable bonds is 21. The molecule has 0 aromatic heterocycles. The van der Waals surface area contributed by atoms with E-state index in [2.05, 4.69) is 34.4 Å². The fourth-order valence-electron chi connectivity index (χ4n) is 4.72. The van der Waals surface area contributed by atoms with Gasteiger partial charge < -0.3 is 9.47 Å². The molecule has 0 aliphatic heterocycles. The van der Waals surface area contributed by atoms with Crippen molar-refractivity contribution in [3.8, 4) is 0 Å². The molecule has 0 aromatic rings. The lowest BCUT2D eigenvalue weighted by Gasteiger charge is -2.17. The quantitative estimate of drug-likeness (QED) is 0.0665. The maximum atomic E-state index is 9.01. The van der Waals surface area contributed by atoms with E-state index in [9.17, 15) is 0 Å². The standard InChI is InChI=1S/C32H49N6O2/c1-3-5-7-9-11-13-15-17-23-39-31-25-27(19-21-29(31)35-37-33)28-20-22-30(36-38-34)32(26-28)40-24-18-16-14-12-10-8-6-4-2/h19-22,25-26,33H,3-18,23-24H2,1-2H3/q+1. The number of hydrogen-bond donors (Lipinski definition) is 1. The predicted molar refractivity (Wildman–Crippen MR) is 164 cm³/mol. The summed E-state index contributed by atoms with van der Waals surface area (Å²) in [6.45, 7) is 5.66. The predicted octanol–water partition coefficient (Wildman–Crippen LogP) is 10.1. The molecule has 0 unspecified atom stereocenters. The van der Waals surface area contributed by atoms with Crippen molar-refractivity contribution in [3.63, 3.8) is 0 Å². The fraction of sp³-hybridized carbons (Fsp3) is 0.625. The summed E-state index contributed by atoms with van der Waals surface area (Å²) in [4.78, 5) is 0. The minimum atomic E-state index is 0.483. The summed E-state index contributed by atoms with van der Waals surface area (Å²) in [7, 11) is 0. The summed E-state index contributed by atoms with van der Waals surface area (Å²) >= 11 is 0. The first kappa shape index (κ1) is 32.9. The highest BCUT2D eigenvalue weighted by atomic mass is 16.5. The van der Waals surface area contributed by atoms with Crippen LogP contribution >= 0.6 is 0 Å². The van der Waals surface area contributed by atoms with Crippen LogP contribution in [0.1, 0.15) is 117 Å². The van der Waals surface area contributed by atoms with Crippen LogP contribution in [0.4, 0.5) is 0 Å². The Bertz CT molecular complexity index is 1030. The summed E-state index contributed by atoms with van der Waals surface area (Å²) in [5, 5.41) is 22.9. The molecule has 2 rings (SSSR count). The highest BCUT2D eigenvalue weighted by molar-refractivity contribution is 6.10. The SMILES string of the molecule is CCCCCCCCCCOC1=CC(=C2C=CC(=N[N+]#N)C(OCCCCCCCCCC)=C2)C=CC1=NN=N. The Labute approximate surface area is 241 Å². The van der Waals surface area contributed by atoms with E-state index in [4.69, 9.17) is 20.4 Å². The second-order valence-corrected chi connectivity index (χ2v) is 10.4. The summed E-state index contributed by atoms with van der Waals surface area (Å²) in [6, 6.07) is 0. The molecular weight excluding hydrogens is 500 g/mol. The van der Waals surface area contributed by atoms with Crippen molar-refractivity contribution < 1.29 is 9.47 Å². The van der Waals surface area contributed by atoms with Crippen molar-refractivity contribution in [2.75, 3.05) is 13.2 Å². The van der Waals surface area contributed by atoms with Crippen molar-refractivity contribution in [1.82, 2.24) is 0 Å². The molecule has 0 spiro atoms. The van der Waals surface area contributed by atoms with E-state index in [0.717, 1.165) is 36.8 Å². The molecular formula is C32H49N6O2+. The van der Waals surface area contributed by atoms with Gasteiger partial charge in [0.2, 0.25) is 0 Å². The summed E-state index contributed by atoms with van der Waals surface area (Å²) in [6.07, 6.45) is 31.0. The van der Waals surface area contributed by atoms with Crippen molar-refractivity contribution >= 4 is 11.4 Å². The molecule has 0 saturated heterocycles. The number of nitrogens with zero attached hydrogens (tertiary/aromatic N) is 5. The third-order valence-electron chi connectivity index (χ3n) is 7.07. The second kappa shape index (κ2) is 21.5. The summed E-state index contributed by atoms with van der Waals surface area (Å²) in [5.74, 6) is 1.19. The average molecular weight is 550 g/mol. The highest BCUT2D eigenvalue weighted by Crippen LogP contribution is 2.25. The van der Waals surface area contributed by atoms with E-state index in [-0.39, 0.29) is 0 Å². The zero-order valence-electron chi connectivity index (χ0n) is 24.7. The van der Waals surface area contributed by atoms with Crippen LogP contribution < -0.4 is 0 Å². The van der Waals surface area contributed by atoms with E-state index in [0.29, 0.717) is 36.2 Å². The largest absolute Gasteiger partial charge is 0.491 e. The molecule has 8 heteroatoms. The van der Waals surface area contributed by atoms with Gasteiger partial charge in [-0.1, -0.05) is 121 Å².